The second-order valence-electron chi connectivity index (χ2n) is 3.66. The topological polar surface area (TPSA) is 89.2 Å². The van der Waals surface area contributed by atoms with Gasteiger partial charge in [0.2, 0.25) is 9.47 Å². The Morgan fingerprint density at radius 2 is 2.27 bits per heavy atom. The SMILES string of the molecule is CC1CCN(S(=O)(=O)c2nnc(N)s2)C1. The zero-order valence-corrected chi connectivity index (χ0v) is 9.88. The van der Waals surface area contributed by atoms with Crippen molar-refractivity contribution in [3.8, 4) is 0 Å². The maximum Gasteiger partial charge on any atom is 0.272 e. The zero-order chi connectivity index (χ0) is 11.1. The normalized spacial score (nSPS) is 23.4. The number of hydrogen-bond acceptors (Lipinski definition) is 6. The van der Waals surface area contributed by atoms with E-state index in [2.05, 4.69) is 10.2 Å². The van der Waals surface area contributed by atoms with Gasteiger partial charge in [0.25, 0.3) is 10.0 Å². The summed E-state index contributed by atoms with van der Waals surface area (Å²) < 4.78 is 25.4. The van der Waals surface area contributed by atoms with Crippen LogP contribution >= 0.6 is 11.3 Å². The Bertz CT molecular complexity index is 455. The van der Waals surface area contributed by atoms with Gasteiger partial charge in [0.1, 0.15) is 0 Å². The Morgan fingerprint density at radius 3 is 2.73 bits per heavy atom. The van der Waals surface area contributed by atoms with Crippen molar-refractivity contribution in [1.82, 2.24) is 14.5 Å². The van der Waals surface area contributed by atoms with Crippen molar-refractivity contribution in [1.29, 1.82) is 0 Å². The highest BCUT2D eigenvalue weighted by atomic mass is 32.2. The van der Waals surface area contributed by atoms with Crippen LogP contribution in [0.5, 0.6) is 0 Å². The molecule has 1 saturated heterocycles. The molecule has 0 amide bonds. The van der Waals surface area contributed by atoms with E-state index in [1.54, 1.807) is 0 Å². The third kappa shape index (κ3) is 1.97. The number of rotatable bonds is 2. The quantitative estimate of drug-likeness (QED) is 0.804. The Balaban J connectivity index is 2.27. The van der Waals surface area contributed by atoms with Crippen LogP contribution in [0.25, 0.3) is 0 Å². The average Bonchev–Trinajstić information content (AvgIpc) is 2.74. The predicted octanol–water partition coefficient (Wildman–Crippen LogP) is 0.151. The lowest BCUT2D eigenvalue weighted by Gasteiger charge is -2.12. The Hall–Kier alpha value is -0.730. The first kappa shape index (κ1) is 10.8. The van der Waals surface area contributed by atoms with Crippen LogP contribution < -0.4 is 5.73 Å². The Labute approximate surface area is 92.2 Å². The summed E-state index contributed by atoms with van der Waals surface area (Å²) in [4.78, 5) is 0. The molecule has 1 aliphatic heterocycles. The molecule has 1 unspecified atom stereocenters. The molecule has 0 bridgehead atoms. The molecule has 0 spiro atoms. The number of nitrogens with zero attached hydrogens (tertiary/aromatic N) is 3. The van der Waals surface area contributed by atoms with E-state index in [9.17, 15) is 8.42 Å². The second-order valence-corrected chi connectivity index (χ2v) is 6.78. The van der Waals surface area contributed by atoms with E-state index >= 15 is 0 Å². The van der Waals surface area contributed by atoms with Crippen LogP contribution in [-0.2, 0) is 10.0 Å². The molecule has 1 aromatic heterocycles. The third-order valence-electron chi connectivity index (χ3n) is 2.37. The van der Waals surface area contributed by atoms with Gasteiger partial charge in [-0.2, -0.15) is 4.31 Å². The number of sulfonamides is 1. The van der Waals surface area contributed by atoms with Gasteiger partial charge >= 0.3 is 0 Å². The maximum atomic E-state index is 12.0. The number of anilines is 1. The summed E-state index contributed by atoms with van der Waals surface area (Å²) in [6.07, 6.45) is 0.896. The fourth-order valence-electron chi connectivity index (χ4n) is 1.55. The van der Waals surface area contributed by atoms with Gasteiger partial charge in [-0.25, -0.2) is 8.42 Å². The largest absolute Gasteiger partial charge is 0.374 e. The van der Waals surface area contributed by atoms with Crippen molar-refractivity contribution in [2.45, 2.75) is 17.7 Å². The zero-order valence-electron chi connectivity index (χ0n) is 8.25. The van der Waals surface area contributed by atoms with Crippen LogP contribution in [0.1, 0.15) is 13.3 Å². The van der Waals surface area contributed by atoms with Gasteiger partial charge in [-0.15, -0.1) is 10.2 Å². The molecule has 8 heteroatoms. The van der Waals surface area contributed by atoms with Gasteiger partial charge in [-0.1, -0.05) is 18.3 Å². The van der Waals surface area contributed by atoms with Gasteiger partial charge in [0.15, 0.2) is 0 Å². The molecular weight excluding hydrogens is 236 g/mol. The van der Waals surface area contributed by atoms with Gasteiger partial charge in [-0.05, 0) is 12.3 Å². The molecule has 2 N–H and O–H groups in total. The van der Waals surface area contributed by atoms with E-state index < -0.39 is 10.0 Å². The lowest BCUT2D eigenvalue weighted by molar-refractivity contribution is 0.463. The van der Waals surface area contributed by atoms with E-state index in [1.807, 2.05) is 6.92 Å². The van der Waals surface area contributed by atoms with Crippen molar-refractivity contribution in [2.24, 2.45) is 5.92 Å². The summed E-state index contributed by atoms with van der Waals surface area (Å²) in [5, 5.41) is 7.27. The molecule has 2 rings (SSSR count). The van der Waals surface area contributed by atoms with Crippen molar-refractivity contribution in [2.75, 3.05) is 18.8 Å². The minimum atomic E-state index is -3.45. The monoisotopic (exact) mass is 248 g/mol. The molecule has 84 valence electrons. The first-order valence-corrected chi connectivity index (χ1v) is 6.85. The summed E-state index contributed by atoms with van der Waals surface area (Å²) in [6, 6.07) is 0. The maximum absolute atomic E-state index is 12.0. The summed E-state index contributed by atoms with van der Waals surface area (Å²) in [7, 11) is -3.45. The molecular formula is C7H12N4O2S2. The number of nitrogen functional groups attached to an aromatic ring is 1. The molecule has 0 radical (unpaired) electrons. The predicted molar refractivity (Wildman–Crippen MR) is 56.9 cm³/mol. The molecule has 6 nitrogen and oxygen atoms in total. The van der Waals surface area contributed by atoms with Crippen molar-refractivity contribution in [3.05, 3.63) is 0 Å². The van der Waals surface area contributed by atoms with Crippen LogP contribution in [0.2, 0.25) is 0 Å². The molecule has 15 heavy (non-hydrogen) atoms. The molecule has 1 aliphatic rings. The fourth-order valence-corrected chi connectivity index (χ4v) is 4.05. The third-order valence-corrected chi connectivity index (χ3v) is 5.33. The molecule has 0 aliphatic carbocycles. The van der Waals surface area contributed by atoms with Crippen molar-refractivity contribution >= 4 is 26.5 Å². The molecule has 1 atom stereocenters. The fraction of sp³-hybridized carbons (Fsp3) is 0.714. The van der Waals surface area contributed by atoms with Gasteiger partial charge in [0, 0.05) is 13.1 Å². The second kappa shape index (κ2) is 3.69. The smallest absolute Gasteiger partial charge is 0.272 e. The van der Waals surface area contributed by atoms with E-state index in [0.29, 0.717) is 19.0 Å². The van der Waals surface area contributed by atoms with Gasteiger partial charge in [0.05, 0.1) is 0 Å². The molecule has 1 fully saturated rings. The highest BCUT2D eigenvalue weighted by molar-refractivity contribution is 7.91. The van der Waals surface area contributed by atoms with E-state index in [1.165, 1.54) is 4.31 Å². The molecule has 0 aromatic carbocycles. The lowest BCUT2D eigenvalue weighted by Crippen LogP contribution is -2.28. The highest BCUT2D eigenvalue weighted by Gasteiger charge is 2.33. The van der Waals surface area contributed by atoms with Gasteiger partial charge in [-0.3, -0.25) is 0 Å². The first-order chi connectivity index (χ1) is 7.00. The lowest BCUT2D eigenvalue weighted by atomic mass is 10.2. The molecule has 1 aromatic rings. The average molecular weight is 248 g/mol. The molecule has 0 saturated carbocycles. The van der Waals surface area contributed by atoms with Crippen LogP contribution in [0.15, 0.2) is 4.34 Å². The van der Waals surface area contributed by atoms with Crippen LogP contribution in [0.4, 0.5) is 5.13 Å². The number of hydrogen-bond donors (Lipinski definition) is 1. The Morgan fingerprint density at radius 1 is 1.53 bits per heavy atom. The standard InChI is InChI=1S/C7H12N4O2S2/c1-5-2-3-11(4-5)15(12,13)7-10-9-6(8)14-7/h5H,2-4H2,1H3,(H2,8,9). The van der Waals surface area contributed by atoms with Crippen LogP contribution in [0.3, 0.4) is 0 Å². The summed E-state index contributed by atoms with van der Waals surface area (Å²) in [5.41, 5.74) is 5.36. The minimum absolute atomic E-state index is 0.00546. The number of nitrogens with two attached hydrogens (primary N) is 1. The van der Waals surface area contributed by atoms with E-state index in [4.69, 9.17) is 5.73 Å². The van der Waals surface area contributed by atoms with E-state index in [-0.39, 0.29) is 9.47 Å². The van der Waals surface area contributed by atoms with Gasteiger partial charge < -0.3 is 5.73 Å². The first-order valence-electron chi connectivity index (χ1n) is 4.59. The van der Waals surface area contributed by atoms with Crippen LogP contribution in [-0.4, -0.2) is 36.0 Å². The van der Waals surface area contributed by atoms with Crippen LogP contribution in [0, 0.1) is 5.92 Å². The summed E-state index contributed by atoms with van der Waals surface area (Å²) in [5.74, 6) is 0.407. The molecule has 2 heterocycles. The summed E-state index contributed by atoms with van der Waals surface area (Å²) in [6.45, 7) is 3.15. The Kier molecular flexibility index (Phi) is 2.65. The van der Waals surface area contributed by atoms with E-state index in [0.717, 1.165) is 17.8 Å². The van der Waals surface area contributed by atoms with Crippen molar-refractivity contribution in [3.63, 3.8) is 0 Å². The minimum Gasteiger partial charge on any atom is -0.374 e. The van der Waals surface area contributed by atoms with Crippen molar-refractivity contribution < 1.29 is 8.42 Å². The summed E-state index contributed by atoms with van der Waals surface area (Å²) >= 11 is 0.909. The number of aromatic nitrogens is 2. The highest BCUT2D eigenvalue weighted by Crippen LogP contribution is 2.26.